The van der Waals surface area contributed by atoms with Crippen molar-refractivity contribution in [2.24, 2.45) is 0 Å². The van der Waals surface area contributed by atoms with Gasteiger partial charge in [0.05, 0.1) is 6.54 Å². The smallest absolute Gasteiger partial charge is 0.238 e. The van der Waals surface area contributed by atoms with Crippen molar-refractivity contribution in [3.8, 4) is 0 Å². The Hall–Kier alpha value is -1.72. The molecule has 1 aliphatic heterocycles. The molecule has 0 radical (unpaired) electrons. The fourth-order valence-corrected chi connectivity index (χ4v) is 2.20. The van der Waals surface area contributed by atoms with E-state index in [1.165, 1.54) is 6.92 Å². The lowest BCUT2D eigenvalue weighted by atomic mass is 10.1. The minimum atomic E-state index is -0.0191. The molecule has 2 rings (SSSR count). The fourth-order valence-electron chi connectivity index (χ4n) is 2.20. The quantitative estimate of drug-likeness (QED) is 0.764. The van der Waals surface area contributed by atoms with Crippen molar-refractivity contribution < 1.29 is 9.59 Å². The highest BCUT2D eigenvalue weighted by atomic mass is 16.2. The van der Waals surface area contributed by atoms with E-state index in [1.807, 2.05) is 0 Å². The second-order valence-corrected chi connectivity index (χ2v) is 5.06. The van der Waals surface area contributed by atoms with Crippen LogP contribution in [0.2, 0.25) is 0 Å². The zero-order chi connectivity index (χ0) is 14.5. The molecule has 20 heavy (non-hydrogen) atoms. The molecule has 1 fully saturated rings. The van der Waals surface area contributed by atoms with Crippen molar-refractivity contribution in [3.05, 3.63) is 29.8 Å². The van der Waals surface area contributed by atoms with E-state index in [1.54, 1.807) is 24.3 Å². The minimum absolute atomic E-state index is 0.0191. The lowest BCUT2D eigenvalue weighted by Gasteiger charge is -2.37. The number of anilines is 1. The van der Waals surface area contributed by atoms with Gasteiger partial charge in [-0.25, -0.2) is 0 Å². The highest BCUT2D eigenvalue weighted by Crippen LogP contribution is 2.11. The number of carbonyl (C=O) groups is 2. The highest BCUT2D eigenvalue weighted by molar-refractivity contribution is 5.96. The van der Waals surface area contributed by atoms with Crippen molar-refractivity contribution in [3.63, 3.8) is 0 Å². The Morgan fingerprint density at radius 2 is 1.95 bits per heavy atom. The molecule has 1 heterocycles. The summed E-state index contributed by atoms with van der Waals surface area (Å²) in [5.74, 6) is 0.00634. The van der Waals surface area contributed by atoms with E-state index in [0.29, 0.717) is 18.2 Å². The number of nitrogens with one attached hydrogen (secondary N) is 2. The van der Waals surface area contributed by atoms with Crippen molar-refractivity contribution in [2.75, 3.05) is 31.5 Å². The SMILES string of the molecule is CCN(CC(=O)Nc1ccc(C(C)=O)cc1)C1CNC1. The van der Waals surface area contributed by atoms with E-state index < -0.39 is 0 Å². The molecule has 0 spiro atoms. The molecule has 0 bridgehead atoms. The van der Waals surface area contributed by atoms with Crippen LogP contribution in [0.15, 0.2) is 24.3 Å². The minimum Gasteiger partial charge on any atom is -0.325 e. The topological polar surface area (TPSA) is 61.4 Å². The predicted molar refractivity (Wildman–Crippen MR) is 79.0 cm³/mol. The summed E-state index contributed by atoms with van der Waals surface area (Å²) in [5.41, 5.74) is 1.38. The Bertz CT molecular complexity index is 480. The van der Waals surface area contributed by atoms with Gasteiger partial charge in [-0.05, 0) is 37.7 Å². The molecule has 1 aromatic rings. The van der Waals surface area contributed by atoms with Crippen molar-refractivity contribution in [1.82, 2.24) is 10.2 Å². The van der Waals surface area contributed by atoms with Gasteiger partial charge in [0.15, 0.2) is 5.78 Å². The first-order chi connectivity index (χ1) is 9.60. The number of hydrogen-bond acceptors (Lipinski definition) is 4. The zero-order valence-corrected chi connectivity index (χ0v) is 12.0. The molecule has 0 aromatic heterocycles. The second-order valence-electron chi connectivity index (χ2n) is 5.06. The maximum absolute atomic E-state index is 12.0. The van der Waals surface area contributed by atoms with Gasteiger partial charge in [0.1, 0.15) is 0 Å². The normalized spacial score (nSPS) is 14.9. The molecule has 1 amide bonds. The van der Waals surface area contributed by atoms with Gasteiger partial charge < -0.3 is 10.6 Å². The van der Waals surface area contributed by atoms with E-state index in [2.05, 4.69) is 22.5 Å². The van der Waals surface area contributed by atoms with Gasteiger partial charge in [-0.3, -0.25) is 14.5 Å². The molecule has 0 unspecified atom stereocenters. The van der Waals surface area contributed by atoms with Crippen LogP contribution in [-0.4, -0.2) is 48.8 Å². The maximum Gasteiger partial charge on any atom is 0.238 e. The van der Waals surface area contributed by atoms with E-state index in [9.17, 15) is 9.59 Å². The third-order valence-electron chi connectivity index (χ3n) is 3.60. The molecule has 1 saturated heterocycles. The third-order valence-corrected chi connectivity index (χ3v) is 3.60. The standard InChI is InChI=1S/C15H21N3O2/c1-3-18(14-8-16-9-14)10-15(20)17-13-6-4-12(5-7-13)11(2)19/h4-7,14,16H,3,8-10H2,1-2H3,(H,17,20). The van der Waals surface area contributed by atoms with E-state index >= 15 is 0 Å². The molecule has 5 heteroatoms. The van der Waals surface area contributed by atoms with Crippen LogP contribution in [0.25, 0.3) is 0 Å². The van der Waals surface area contributed by atoms with Gasteiger partial charge in [0.25, 0.3) is 0 Å². The molecule has 2 N–H and O–H groups in total. The zero-order valence-electron chi connectivity index (χ0n) is 12.0. The summed E-state index contributed by atoms with van der Waals surface area (Å²) in [5, 5.41) is 6.07. The van der Waals surface area contributed by atoms with Gasteiger partial charge >= 0.3 is 0 Å². The summed E-state index contributed by atoms with van der Waals surface area (Å²) in [7, 11) is 0. The van der Waals surface area contributed by atoms with Gasteiger partial charge in [0, 0.05) is 30.4 Å². The van der Waals surface area contributed by atoms with Crippen LogP contribution >= 0.6 is 0 Å². The number of likely N-dealkylation sites (N-methyl/N-ethyl adjacent to an activating group) is 1. The highest BCUT2D eigenvalue weighted by Gasteiger charge is 2.24. The molecule has 0 saturated carbocycles. The van der Waals surface area contributed by atoms with Crippen LogP contribution in [0.5, 0.6) is 0 Å². The summed E-state index contributed by atoms with van der Waals surface area (Å²) in [6, 6.07) is 7.44. The molecule has 5 nitrogen and oxygen atoms in total. The van der Waals surface area contributed by atoms with Crippen LogP contribution in [0, 0.1) is 0 Å². The Labute approximate surface area is 119 Å². The lowest BCUT2D eigenvalue weighted by Crippen LogP contribution is -2.58. The number of amides is 1. The monoisotopic (exact) mass is 275 g/mol. The Morgan fingerprint density at radius 1 is 1.30 bits per heavy atom. The number of nitrogens with zero attached hydrogens (tertiary/aromatic N) is 1. The molecule has 1 aliphatic rings. The van der Waals surface area contributed by atoms with E-state index in [0.717, 1.165) is 25.3 Å². The van der Waals surface area contributed by atoms with Crippen LogP contribution in [0.1, 0.15) is 24.2 Å². The van der Waals surface area contributed by atoms with E-state index in [-0.39, 0.29) is 11.7 Å². The largest absolute Gasteiger partial charge is 0.325 e. The Morgan fingerprint density at radius 3 is 2.40 bits per heavy atom. The van der Waals surface area contributed by atoms with E-state index in [4.69, 9.17) is 0 Å². The predicted octanol–water partition coefficient (Wildman–Crippen LogP) is 1.12. The summed E-state index contributed by atoms with van der Waals surface area (Å²) in [6.07, 6.45) is 0. The van der Waals surface area contributed by atoms with Gasteiger partial charge in [-0.2, -0.15) is 0 Å². The van der Waals surface area contributed by atoms with Gasteiger partial charge in [0.2, 0.25) is 5.91 Å². The van der Waals surface area contributed by atoms with Crippen LogP contribution in [0.4, 0.5) is 5.69 Å². The summed E-state index contributed by atoms with van der Waals surface area (Å²) >= 11 is 0. The Balaban J connectivity index is 1.88. The second kappa shape index (κ2) is 6.63. The van der Waals surface area contributed by atoms with Crippen molar-refractivity contribution in [1.29, 1.82) is 0 Å². The number of carbonyl (C=O) groups excluding carboxylic acids is 2. The van der Waals surface area contributed by atoms with Crippen molar-refractivity contribution in [2.45, 2.75) is 19.9 Å². The summed E-state index contributed by atoms with van der Waals surface area (Å²) < 4.78 is 0. The number of Topliss-reactive ketones (excluding diaryl/α,β-unsaturated/α-hetero) is 1. The molecule has 1 aromatic carbocycles. The summed E-state index contributed by atoms with van der Waals surface area (Å²) in [6.45, 7) is 6.76. The van der Waals surface area contributed by atoms with Gasteiger partial charge in [-0.1, -0.05) is 6.92 Å². The van der Waals surface area contributed by atoms with Crippen LogP contribution in [-0.2, 0) is 4.79 Å². The van der Waals surface area contributed by atoms with Gasteiger partial charge in [-0.15, -0.1) is 0 Å². The maximum atomic E-state index is 12.0. The molecule has 108 valence electrons. The first-order valence-electron chi connectivity index (χ1n) is 6.95. The van der Waals surface area contributed by atoms with Crippen LogP contribution < -0.4 is 10.6 Å². The summed E-state index contributed by atoms with van der Waals surface area (Å²) in [4.78, 5) is 25.3. The lowest BCUT2D eigenvalue weighted by molar-refractivity contribution is -0.118. The average Bonchev–Trinajstić information content (AvgIpc) is 2.36. The number of rotatable bonds is 6. The fraction of sp³-hybridized carbons (Fsp3) is 0.467. The first-order valence-corrected chi connectivity index (χ1v) is 6.95. The first kappa shape index (κ1) is 14.7. The molecular weight excluding hydrogens is 254 g/mol. The number of hydrogen-bond donors (Lipinski definition) is 2. The van der Waals surface area contributed by atoms with Crippen LogP contribution in [0.3, 0.4) is 0 Å². The number of benzene rings is 1. The third kappa shape index (κ3) is 3.65. The molecule has 0 atom stereocenters. The average molecular weight is 275 g/mol. The molecular formula is C15H21N3O2. The number of ketones is 1. The molecule has 0 aliphatic carbocycles. The van der Waals surface area contributed by atoms with Crippen molar-refractivity contribution >= 4 is 17.4 Å². The Kier molecular flexibility index (Phi) is 4.87.